The molecule has 19 heavy (non-hydrogen) atoms. The van der Waals surface area contributed by atoms with Gasteiger partial charge in [0.1, 0.15) is 0 Å². The van der Waals surface area contributed by atoms with Gasteiger partial charge >= 0.3 is 0 Å². The lowest BCUT2D eigenvalue weighted by Crippen LogP contribution is -2.10. The van der Waals surface area contributed by atoms with Crippen molar-refractivity contribution in [3.8, 4) is 0 Å². The minimum Gasteiger partial charge on any atom is -0.461 e. The smallest absolute Gasteiger partial charge is 0.269 e. The molecule has 0 spiro atoms. The van der Waals surface area contributed by atoms with Gasteiger partial charge in [0.2, 0.25) is 5.78 Å². The van der Waals surface area contributed by atoms with Crippen LogP contribution in [0.2, 0.25) is 0 Å². The predicted molar refractivity (Wildman–Crippen MR) is 67.4 cm³/mol. The zero-order valence-corrected chi connectivity index (χ0v) is 10.5. The Labute approximate surface area is 110 Å². The second-order valence-electron chi connectivity index (χ2n) is 3.64. The van der Waals surface area contributed by atoms with Crippen LogP contribution in [0.25, 0.3) is 0 Å². The summed E-state index contributed by atoms with van der Waals surface area (Å²) in [6.45, 7) is 0. The Balaban J connectivity index is 2.08. The number of nitrogens with zero attached hydrogens (tertiary/aromatic N) is 1. The third kappa shape index (κ3) is 3.14. The van der Waals surface area contributed by atoms with Gasteiger partial charge in [-0.1, -0.05) is 0 Å². The highest BCUT2D eigenvalue weighted by molar-refractivity contribution is 7.85. The molecule has 0 radical (unpaired) electrons. The molecule has 6 nitrogen and oxygen atoms in total. The summed E-state index contributed by atoms with van der Waals surface area (Å²) in [5.74, 6) is -0.442. The van der Waals surface area contributed by atoms with Gasteiger partial charge in [-0.25, -0.2) is 0 Å². The van der Waals surface area contributed by atoms with Crippen molar-refractivity contribution in [3.63, 3.8) is 0 Å². The maximum absolute atomic E-state index is 11.9. The fourth-order valence-corrected chi connectivity index (χ4v) is 2.42. The molecule has 1 unspecified atom stereocenters. The Kier molecular flexibility index (Phi) is 3.86. The maximum atomic E-state index is 11.9. The normalized spacial score (nSPS) is 12.0. The van der Waals surface area contributed by atoms with E-state index in [2.05, 4.69) is 0 Å². The standard InChI is InChI=1S/C12H9NO5S/c14-11(12-2-1-7-18-12)8-19(17)10-5-3-9(4-6-10)13(15)16/h1-7H,8H2. The number of nitro groups is 1. The third-order valence-electron chi connectivity index (χ3n) is 2.37. The molecule has 0 fully saturated rings. The number of furan rings is 1. The van der Waals surface area contributed by atoms with Crippen LogP contribution < -0.4 is 0 Å². The number of carbonyl (C=O) groups is 1. The first-order chi connectivity index (χ1) is 9.08. The van der Waals surface area contributed by atoms with E-state index >= 15 is 0 Å². The zero-order valence-electron chi connectivity index (χ0n) is 9.65. The molecule has 1 heterocycles. The van der Waals surface area contributed by atoms with Crippen LogP contribution in [0, 0.1) is 10.1 Å². The second kappa shape index (κ2) is 5.57. The van der Waals surface area contributed by atoms with Crippen LogP contribution in [0.4, 0.5) is 5.69 Å². The van der Waals surface area contributed by atoms with Crippen LogP contribution in [0.5, 0.6) is 0 Å². The Morgan fingerprint density at radius 3 is 2.47 bits per heavy atom. The average molecular weight is 279 g/mol. The summed E-state index contributed by atoms with van der Waals surface area (Å²) in [6, 6.07) is 8.33. The zero-order chi connectivity index (χ0) is 13.8. The minimum absolute atomic E-state index is 0.0851. The van der Waals surface area contributed by atoms with E-state index in [1.807, 2.05) is 0 Å². The molecule has 1 aromatic heterocycles. The lowest BCUT2D eigenvalue weighted by Gasteiger charge is -2.00. The highest BCUT2D eigenvalue weighted by Gasteiger charge is 2.15. The molecular weight excluding hydrogens is 270 g/mol. The molecule has 2 aromatic rings. The van der Waals surface area contributed by atoms with E-state index in [1.165, 1.54) is 36.6 Å². The molecule has 0 bridgehead atoms. The first-order valence-electron chi connectivity index (χ1n) is 5.27. The molecule has 0 saturated heterocycles. The van der Waals surface area contributed by atoms with Gasteiger partial charge in [-0.3, -0.25) is 19.1 Å². The third-order valence-corrected chi connectivity index (χ3v) is 3.69. The number of hydrogen-bond donors (Lipinski definition) is 0. The van der Waals surface area contributed by atoms with Crippen LogP contribution in [-0.4, -0.2) is 20.7 Å². The average Bonchev–Trinajstić information content (AvgIpc) is 2.92. The van der Waals surface area contributed by atoms with Crippen molar-refractivity contribution in [2.45, 2.75) is 4.90 Å². The predicted octanol–water partition coefficient (Wildman–Crippen LogP) is 2.18. The summed E-state index contributed by atoms with van der Waals surface area (Å²) in [5, 5.41) is 10.5. The van der Waals surface area contributed by atoms with Crippen molar-refractivity contribution >= 4 is 22.3 Å². The van der Waals surface area contributed by atoms with Gasteiger partial charge in [-0.05, 0) is 24.3 Å². The topological polar surface area (TPSA) is 90.4 Å². The summed E-state index contributed by atoms with van der Waals surface area (Å²) in [4.78, 5) is 22.0. The lowest BCUT2D eigenvalue weighted by atomic mass is 10.3. The van der Waals surface area contributed by atoms with Gasteiger partial charge in [-0.15, -0.1) is 0 Å². The summed E-state index contributed by atoms with van der Waals surface area (Å²) >= 11 is 0. The number of non-ortho nitro benzene ring substituents is 1. The van der Waals surface area contributed by atoms with Crippen molar-refractivity contribution in [1.82, 2.24) is 0 Å². The van der Waals surface area contributed by atoms with Gasteiger partial charge < -0.3 is 4.42 Å². The number of carbonyl (C=O) groups excluding carboxylic acids is 1. The molecule has 7 heteroatoms. The molecule has 2 rings (SSSR count). The number of ketones is 1. The molecule has 0 saturated carbocycles. The fourth-order valence-electron chi connectivity index (χ4n) is 1.43. The Morgan fingerprint density at radius 1 is 1.26 bits per heavy atom. The lowest BCUT2D eigenvalue weighted by molar-refractivity contribution is -0.384. The van der Waals surface area contributed by atoms with Gasteiger partial charge in [0.25, 0.3) is 5.69 Å². The molecule has 1 aromatic carbocycles. The molecular formula is C12H9NO5S. The first kappa shape index (κ1) is 13.2. The van der Waals surface area contributed by atoms with Crippen molar-refractivity contribution in [2.24, 2.45) is 0 Å². The minimum atomic E-state index is -1.55. The summed E-state index contributed by atoms with van der Waals surface area (Å²) in [7, 11) is -1.55. The van der Waals surface area contributed by atoms with Crippen LogP contribution in [-0.2, 0) is 10.8 Å². The van der Waals surface area contributed by atoms with E-state index in [-0.39, 0.29) is 23.0 Å². The van der Waals surface area contributed by atoms with Crippen molar-refractivity contribution in [3.05, 3.63) is 58.5 Å². The van der Waals surface area contributed by atoms with E-state index in [9.17, 15) is 19.1 Å². The van der Waals surface area contributed by atoms with E-state index in [4.69, 9.17) is 4.42 Å². The molecule has 0 amide bonds. The summed E-state index contributed by atoms with van der Waals surface area (Å²) < 4.78 is 16.8. The van der Waals surface area contributed by atoms with Crippen molar-refractivity contribution in [2.75, 3.05) is 5.75 Å². The van der Waals surface area contributed by atoms with E-state index in [1.54, 1.807) is 6.07 Å². The molecule has 0 aliphatic rings. The number of nitro benzene ring substituents is 1. The molecule has 0 N–H and O–H groups in total. The summed E-state index contributed by atoms with van der Waals surface area (Å²) in [6.07, 6.45) is 1.36. The van der Waals surface area contributed by atoms with E-state index < -0.39 is 15.7 Å². The SMILES string of the molecule is O=C(CS(=O)c1ccc([N+](=O)[O-])cc1)c1ccco1. The molecule has 0 aliphatic carbocycles. The fraction of sp³-hybridized carbons (Fsp3) is 0.0833. The van der Waals surface area contributed by atoms with Gasteiger partial charge in [0.05, 0.1) is 27.7 Å². The van der Waals surface area contributed by atoms with E-state index in [0.29, 0.717) is 4.90 Å². The summed E-state index contributed by atoms with van der Waals surface area (Å²) in [5.41, 5.74) is -0.0851. The molecule has 0 aliphatic heterocycles. The monoisotopic (exact) mass is 279 g/mol. The van der Waals surface area contributed by atoms with Crippen LogP contribution in [0.1, 0.15) is 10.6 Å². The maximum Gasteiger partial charge on any atom is 0.269 e. The second-order valence-corrected chi connectivity index (χ2v) is 5.09. The van der Waals surface area contributed by atoms with Crippen molar-refractivity contribution < 1.29 is 18.3 Å². The van der Waals surface area contributed by atoms with E-state index in [0.717, 1.165) is 0 Å². The number of hydrogen-bond acceptors (Lipinski definition) is 5. The van der Waals surface area contributed by atoms with Crippen molar-refractivity contribution in [1.29, 1.82) is 0 Å². The largest absolute Gasteiger partial charge is 0.461 e. The number of Topliss-reactive ketones (excluding diaryl/α,β-unsaturated/α-hetero) is 1. The Hall–Kier alpha value is -2.28. The Bertz CT molecular complexity index is 618. The van der Waals surface area contributed by atoms with Gasteiger partial charge in [0.15, 0.2) is 5.76 Å². The van der Waals surface area contributed by atoms with Crippen LogP contribution in [0.15, 0.2) is 52.0 Å². The molecule has 1 atom stereocenters. The quantitative estimate of drug-likeness (QED) is 0.475. The van der Waals surface area contributed by atoms with Crippen LogP contribution in [0.3, 0.4) is 0 Å². The van der Waals surface area contributed by atoms with Crippen LogP contribution >= 0.6 is 0 Å². The van der Waals surface area contributed by atoms with Gasteiger partial charge in [0, 0.05) is 17.0 Å². The highest BCUT2D eigenvalue weighted by atomic mass is 32.2. The molecule has 98 valence electrons. The number of benzene rings is 1. The highest BCUT2D eigenvalue weighted by Crippen LogP contribution is 2.15. The van der Waals surface area contributed by atoms with Gasteiger partial charge in [-0.2, -0.15) is 0 Å². The first-order valence-corrected chi connectivity index (χ1v) is 6.59. The Morgan fingerprint density at radius 2 is 1.95 bits per heavy atom. The number of rotatable bonds is 5.